The Morgan fingerprint density at radius 3 is 2.45 bits per heavy atom. The number of nitrogens with one attached hydrogen (secondary N) is 1. The van der Waals surface area contributed by atoms with Crippen LogP contribution in [0.3, 0.4) is 0 Å². The molecule has 2 aromatic carbocycles. The number of aromatic nitrogens is 1. The van der Waals surface area contributed by atoms with E-state index in [2.05, 4.69) is 34.6 Å². The topological polar surface area (TPSA) is 60.5 Å². The van der Waals surface area contributed by atoms with Crippen LogP contribution in [0.15, 0.2) is 60.9 Å². The van der Waals surface area contributed by atoms with Gasteiger partial charge in [0.2, 0.25) is 5.91 Å². The Morgan fingerprint density at radius 2 is 1.69 bits per heavy atom. The summed E-state index contributed by atoms with van der Waals surface area (Å²) in [7, 11) is 0. The second kappa shape index (κ2) is 7.25. The molecule has 2 heterocycles. The van der Waals surface area contributed by atoms with Crippen molar-refractivity contribution in [3.63, 3.8) is 0 Å². The van der Waals surface area contributed by atoms with Crippen LogP contribution in [0.2, 0.25) is 0 Å². The first-order valence-electron chi connectivity index (χ1n) is 10.1. The Bertz CT molecular complexity index is 1040. The summed E-state index contributed by atoms with van der Waals surface area (Å²) in [6, 6.07) is 16.1. The molecule has 1 N–H and O–H groups in total. The minimum atomic E-state index is -0.296. The van der Waals surface area contributed by atoms with Gasteiger partial charge >= 0.3 is 0 Å². The maximum Gasteiger partial charge on any atom is 0.228 e. The molecule has 148 valence electrons. The lowest BCUT2D eigenvalue weighted by molar-refractivity contribution is -0.117. The van der Waals surface area contributed by atoms with Crippen molar-refractivity contribution in [2.75, 3.05) is 5.32 Å². The first-order valence-corrected chi connectivity index (χ1v) is 10.1. The molecule has 4 atom stereocenters. The van der Waals surface area contributed by atoms with Gasteiger partial charge in [-0.3, -0.25) is 9.78 Å². The zero-order valence-electron chi connectivity index (χ0n) is 16.5. The fourth-order valence-corrected chi connectivity index (χ4v) is 3.95. The zero-order valence-corrected chi connectivity index (χ0v) is 16.5. The van der Waals surface area contributed by atoms with Crippen molar-refractivity contribution in [3.8, 4) is 0 Å². The second-order valence-corrected chi connectivity index (χ2v) is 8.06. The van der Waals surface area contributed by atoms with E-state index in [1.165, 1.54) is 5.56 Å². The van der Waals surface area contributed by atoms with Crippen LogP contribution in [-0.4, -0.2) is 23.1 Å². The molecular formula is C24H24N2O3. The third-order valence-electron chi connectivity index (χ3n) is 6.01. The van der Waals surface area contributed by atoms with E-state index >= 15 is 0 Å². The minimum absolute atomic E-state index is 0.0213. The van der Waals surface area contributed by atoms with Crippen LogP contribution in [0, 0.1) is 5.92 Å². The van der Waals surface area contributed by atoms with Crippen LogP contribution in [0.1, 0.15) is 43.6 Å². The average molecular weight is 388 g/mol. The highest BCUT2D eigenvalue weighted by molar-refractivity contribution is 5.97. The Balaban J connectivity index is 1.22. The zero-order chi connectivity index (χ0) is 20.0. The van der Waals surface area contributed by atoms with E-state index in [1.807, 2.05) is 44.3 Å². The third kappa shape index (κ3) is 3.63. The number of carbonyl (C=O) groups excluding carboxylic acids is 1. The fraction of sp³-hybridized carbons (Fsp3) is 0.333. The summed E-state index contributed by atoms with van der Waals surface area (Å²) in [4.78, 5) is 16.8. The van der Waals surface area contributed by atoms with E-state index in [0.29, 0.717) is 0 Å². The van der Waals surface area contributed by atoms with Gasteiger partial charge in [-0.25, -0.2) is 0 Å². The van der Waals surface area contributed by atoms with Crippen molar-refractivity contribution in [2.24, 2.45) is 5.92 Å². The number of hydrogen-bond acceptors (Lipinski definition) is 4. The monoisotopic (exact) mass is 388 g/mol. The van der Waals surface area contributed by atoms with Crippen molar-refractivity contribution in [3.05, 3.63) is 72.1 Å². The molecule has 5 heteroatoms. The van der Waals surface area contributed by atoms with Crippen molar-refractivity contribution in [2.45, 2.75) is 44.7 Å². The summed E-state index contributed by atoms with van der Waals surface area (Å²) < 4.78 is 11.7. The maximum absolute atomic E-state index is 12.7. The van der Waals surface area contributed by atoms with Crippen LogP contribution in [-0.2, 0) is 14.3 Å². The first-order chi connectivity index (χ1) is 14.1. The smallest absolute Gasteiger partial charge is 0.228 e. The molecule has 1 aliphatic heterocycles. The SMILES string of the molecule is C[C@@H]1OC(c2ccc([C@@H]3C[C@H]3C(=O)Nc3ccc4cnccc4c3)cc2)O[C@H]1C. The lowest BCUT2D eigenvalue weighted by Gasteiger charge is -2.11. The molecular weight excluding hydrogens is 364 g/mol. The largest absolute Gasteiger partial charge is 0.343 e. The number of pyridine rings is 1. The molecule has 0 bridgehead atoms. The molecule has 0 spiro atoms. The average Bonchev–Trinajstić information content (AvgIpc) is 3.47. The maximum atomic E-state index is 12.7. The van der Waals surface area contributed by atoms with Gasteiger partial charge < -0.3 is 14.8 Å². The number of rotatable bonds is 4. The summed E-state index contributed by atoms with van der Waals surface area (Å²) in [5, 5.41) is 5.20. The molecule has 29 heavy (non-hydrogen) atoms. The van der Waals surface area contributed by atoms with Crippen molar-refractivity contribution < 1.29 is 14.3 Å². The molecule has 3 aromatic rings. The van der Waals surface area contributed by atoms with Gasteiger partial charge in [-0.05, 0) is 55.3 Å². The summed E-state index contributed by atoms with van der Waals surface area (Å²) in [6.45, 7) is 4.05. The molecule has 2 fully saturated rings. The highest BCUT2D eigenvalue weighted by Crippen LogP contribution is 2.48. The van der Waals surface area contributed by atoms with E-state index in [4.69, 9.17) is 9.47 Å². The lowest BCUT2D eigenvalue weighted by Crippen LogP contribution is -2.14. The van der Waals surface area contributed by atoms with Gasteiger partial charge in [-0.1, -0.05) is 30.3 Å². The Morgan fingerprint density at radius 1 is 0.966 bits per heavy atom. The van der Waals surface area contributed by atoms with Crippen molar-refractivity contribution in [1.29, 1.82) is 0 Å². The predicted octanol–water partition coefficient (Wildman–Crippen LogP) is 4.80. The quantitative estimate of drug-likeness (QED) is 0.697. The molecule has 1 aliphatic carbocycles. The Labute approximate surface area is 170 Å². The molecule has 1 saturated heterocycles. The van der Waals surface area contributed by atoms with Gasteiger partial charge in [0.15, 0.2) is 6.29 Å². The van der Waals surface area contributed by atoms with Gasteiger partial charge in [0.25, 0.3) is 0 Å². The third-order valence-corrected chi connectivity index (χ3v) is 6.01. The summed E-state index contributed by atoms with van der Waals surface area (Å²) in [6.07, 6.45) is 4.37. The molecule has 2 aliphatic rings. The molecule has 5 nitrogen and oxygen atoms in total. The molecule has 1 saturated carbocycles. The van der Waals surface area contributed by atoms with Gasteiger partial charge in [-0.2, -0.15) is 0 Å². The van der Waals surface area contributed by atoms with E-state index in [9.17, 15) is 4.79 Å². The van der Waals surface area contributed by atoms with E-state index in [1.54, 1.807) is 6.20 Å². The van der Waals surface area contributed by atoms with Crippen LogP contribution in [0.4, 0.5) is 5.69 Å². The number of ether oxygens (including phenoxy) is 2. The molecule has 0 unspecified atom stereocenters. The molecule has 1 amide bonds. The minimum Gasteiger partial charge on any atom is -0.343 e. The standard InChI is InChI=1S/C24H24N2O3/c1-14-15(2)29-24(28-14)17-5-3-16(4-6-17)21-12-22(21)23(27)26-20-8-7-19-13-25-10-9-18(19)11-20/h3-11,13-15,21-22,24H,12H2,1-2H3,(H,26,27)/t14-,15-,21-,22+/m0/s1. The highest BCUT2D eigenvalue weighted by Gasteiger charge is 2.44. The second-order valence-electron chi connectivity index (χ2n) is 8.06. The Hall–Kier alpha value is -2.76. The number of amides is 1. The van der Waals surface area contributed by atoms with Crippen LogP contribution in [0.25, 0.3) is 10.8 Å². The van der Waals surface area contributed by atoms with Crippen LogP contribution in [0.5, 0.6) is 0 Å². The van der Waals surface area contributed by atoms with Gasteiger partial charge in [-0.15, -0.1) is 0 Å². The Kier molecular flexibility index (Phi) is 4.57. The molecule has 0 radical (unpaired) electrons. The van der Waals surface area contributed by atoms with E-state index in [0.717, 1.165) is 28.4 Å². The molecule has 5 rings (SSSR count). The van der Waals surface area contributed by atoms with Crippen molar-refractivity contribution >= 4 is 22.4 Å². The summed E-state index contributed by atoms with van der Waals surface area (Å²) >= 11 is 0. The highest BCUT2D eigenvalue weighted by atomic mass is 16.7. The van der Waals surface area contributed by atoms with E-state index in [-0.39, 0.29) is 36.2 Å². The number of benzene rings is 2. The van der Waals surface area contributed by atoms with Crippen LogP contribution < -0.4 is 5.32 Å². The van der Waals surface area contributed by atoms with Gasteiger partial charge in [0.1, 0.15) is 0 Å². The van der Waals surface area contributed by atoms with Crippen LogP contribution >= 0.6 is 0 Å². The number of carbonyl (C=O) groups is 1. The van der Waals surface area contributed by atoms with Gasteiger partial charge in [0, 0.05) is 34.9 Å². The fourth-order valence-electron chi connectivity index (χ4n) is 3.95. The number of fused-ring (bicyclic) bond motifs is 1. The van der Waals surface area contributed by atoms with Gasteiger partial charge in [0.05, 0.1) is 12.2 Å². The van der Waals surface area contributed by atoms with E-state index < -0.39 is 0 Å². The predicted molar refractivity (Wildman–Crippen MR) is 111 cm³/mol. The molecule has 1 aromatic heterocycles. The van der Waals surface area contributed by atoms with Crippen molar-refractivity contribution in [1.82, 2.24) is 4.98 Å². The number of hydrogen-bond donors (Lipinski definition) is 1. The summed E-state index contributed by atoms with van der Waals surface area (Å²) in [5.74, 6) is 0.377. The first kappa shape index (κ1) is 18.3. The number of anilines is 1. The normalized spacial score (nSPS) is 26.6. The summed E-state index contributed by atoms with van der Waals surface area (Å²) in [5.41, 5.74) is 3.04. The lowest BCUT2D eigenvalue weighted by atomic mass is 10.1. The number of nitrogens with zero attached hydrogens (tertiary/aromatic N) is 1.